The van der Waals surface area contributed by atoms with Crippen LogP contribution in [0, 0.1) is 0 Å². The summed E-state index contributed by atoms with van der Waals surface area (Å²) >= 11 is 5.92. The number of hydrogen-bond acceptors (Lipinski definition) is 2. The van der Waals surface area contributed by atoms with Gasteiger partial charge in [0.15, 0.2) is 0 Å². The maximum absolute atomic E-state index is 8.83. The second kappa shape index (κ2) is 7.69. The van der Waals surface area contributed by atoms with Crippen molar-refractivity contribution < 1.29 is 33.5 Å². The fraction of sp³-hybridized carbons (Fsp3) is 0.429. The molecule has 0 amide bonds. The lowest BCUT2D eigenvalue weighted by Gasteiger charge is -2.32. The maximum Gasteiger partial charge on any atom is 0.115 e. The first-order chi connectivity index (χ1) is 19.9. The predicted molar refractivity (Wildman–Crippen MR) is 101 cm³/mol. The molecule has 0 bridgehead atoms. The lowest BCUT2D eigenvalue weighted by molar-refractivity contribution is -0.0117. The van der Waals surface area contributed by atoms with Crippen molar-refractivity contribution in [1.82, 2.24) is 4.90 Å². The molecule has 1 aliphatic heterocycles. The molecule has 3 rings (SSSR count). The highest BCUT2D eigenvalue weighted by molar-refractivity contribution is 6.30. The van der Waals surface area contributed by atoms with E-state index in [9.17, 15) is 0 Å². The van der Waals surface area contributed by atoms with Crippen molar-refractivity contribution in [2.24, 2.45) is 0 Å². The van der Waals surface area contributed by atoms with Gasteiger partial charge in [-0.15, -0.1) is 0 Å². The fourth-order valence-electron chi connectivity index (χ4n) is 1.92. The van der Waals surface area contributed by atoms with E-state index in [1.165, 1.54) is 0 Å². The lowest BCUT2D eigenvalue weighted by atomic mass is 9.88. The number of hydrogen-bond donors (Lipinski definition) is 0. The van der Waals surface area contributed by atoms with Gasteiger partial charge in [0.25, 0.3) is 0 Å². The van der Waals surface area contributed by atoms with Crippen LogP contribution >= 0.6 is 11.6 Å². The van der Waals surface area contributed by atoms with Crippen molar-refractivity contribution in [3.05, 3.63) is 70.5 Å². The molecule has 1 heterocycles. The highest BCUT2D eigenvalue weighted by Crippen LogP contribution is 2.34. The Morgan fingerprint density at radius 1 is 1.33 bits per heavy atom. The smallest absolute Gasteiger partial charge is 0.115 e. The minimum Gasteiger partial charge on any atom is -0.366 e. The van der Waals surface area contributed by atoms with Crippen LogP contribution in [0.1, 0.15) is 66.0 Å². The SMILES string of the molecule is [2H]c1c([2H])c([2H])c([C@@](C)(OCC([2H])([2H])[C@]2([2H])N(C([2H])([2H])[2H])C([2H])([2H])C([2H])([2H])C2([2H])[2H])c2c([2H])c([2H])c(Cl)c([2H])c2[2H])c([2H])c1[2H]. The molecule has 1 aliphatic rings. The van der Waals surface area contributed by atoms with Gasteiger partial charge in [-0.3, -0.25) is 0 Å². The van der Waals surface area contributed by atoms with Gasteiger partial charge in [-0.25, -0.2) is 0 Å². The van der Waals surface area contributed by atoms with E-state index in [1.807, 2.05) is 0 Å². The molecular formula is C21H26ClNO. The summed E-state index contributed by atoms with van der Waals surface area (Å²) in [7, 11) is 0. The summed E-state index contributed by atoms with van der Waals surface area (Å²) in [6.45, 7) is -8.44. The molecule has 128 valence electrons. The molecule has 0 saturated carbocycles. The summed E-state index contributed by atoms with van der Waals surface area (Å²) < 4.78 is 179. The number of likely N-dealkylation sites (tertiary alicyclic amines) is 1. The second-order valence-electron chi connectivity index (χ2n) is 4.73. The lowest BCUT2D eigenvalue weighted by Crippen LogP contribution is -2.31. The van der Waals surface area contributed by atoms with Crippen molar-refractivity contribution in [2.45, 2.75) is 37.7 Å². The first-order valence-electron chi connectivity index (χ1n) is 17.2. The molecule has 0 N–H and O–H groups in total. The molecule has 2 aromatic carbocycles. The zero-order valence-corrected chi connectivity index (χ0v) is 13.2. The first-order valence-corrected chi connectivity index (χ1v) is 7.08. The summed E-state index contributed by atoms with van der Waals surface area (Å²) in [5.41, 5.74) is -4.45. The molecule has 2 nitrogen and oxygen atoms in total. The van der Waals surface area contributed by atoms with Gasteiger partial charge >= 0.3 is 0 Å². The Balaban J connectivity index is 2.42. The largest absolute Gasteiger partial charge is 0.366 e. The van der Waals surface area contributed by atoms with Crippen LogP contribution in [0.3, 0.4) is 0 Å². The Morgan fingerprint density at radius 3 is 2.75 bits per heavy atom. The minimum absolute atomic E-state index is 0.573. The van der Waals surface area contributed by atoms with Crippen molar-refractivity contribution >= 4 is 11.6 Å². The molecule has 2 atom stereocenters. The van der Waals surface area contributed by atoms with E-state index in [0.29, 0.717) is 0 Å². The van der Waals surface area contributed by atoms with Gasteiger partial charge in [0, 0.05) is 34.1 Å². The Kier molecular flexibility index (Phi) is 1.63. The minimum atomic E-state index is -3.95. The van der Waals surface area contributed by atoms with Crippen LogP contribution in [0.5, 0.6) is 0 Å². The van der Waals surface area contributed by atoms with Crippen LogP contribution in [0.25, 0.3) is 0 Å². The molecule has 0 radical (unpaired) electrons. The van der Waals surface area contributed by atoms with Gasteiger partial charge < -0.3 is 9.64 Å². The third-order valence-electron chi connectivity index (χ3n) is 3.22. The van der Waals surface area contributed by atoms with Crippen LogP contribution in [0.2, 0.25) is 5.02 Å². The van der Waals surface area contributed by atoms with Crippen molar-refractivity contribution in [3.8, 4) is 0 Å². The highest BCUT2D eigenvalue weighted by Gasteiger charge is 2.30. The molecular weight excluding hydrogens is 318 g/mol. The van der Waals surface area contributed by atoms with Crippen LogP contribution in [-0.4, -0.2) is 31.0 Å². The number of ether oxygens (including phenoxy) is 1. The monoisotopic (exact) mass is 364 g/mol. The summed E-state index contributed by atoms with van der Waals surface area (Å²) in [6, 6.07) is -12.4. The molecule has 0 aliphatic carbocycles. The molecule has 1 fully saturated rings. The average Bonchev–Trinajstić information content (AvgIpc) is 2.99. The van der Waals surface area contributed by atoms with Gasteiger partial charge in [0.05, 0.1) is 12.3 Å². The molecule has 3 heteroatoms. The normalized spacial score (nSPS) is 44.0. The van der Waals surface area contributed by atoms with Crippen molar-refractivity contribution in [1.29, 1.82) is 0 Å². The highest BCUT2D eigenvalue weighted by atomic mass is 35.5. The van der Waals surface area contributed by atoms with E-state index in [-0.39, 0.29) is 0 Å². The topological polar surface area (TPSA) is 12.5 Å². The Bertz CT molecular complexity index is 1430. The molecule has 0 aromatic heterocycles. The number of halogens is 1. The fourth-order valence-corrected chi connectivity index (χ4v) is 2.02. The third kappa shape index (κ3) is 3.83. The zero-order valence-electron chi connectivity index (χ0n) is 33.4. The first kappa shape index (κ1) is 5.09. The summed E-state index contributed by atoms with van der Waals surface area (Å²) in [4.78, 5) is -0.573. The Hall–Kier alpha value is -1.35. The zero-order chi connectivity index (χ0) is 35.4. The van der Waals surface area contributed by atoms with E-state index in [1.54, 1.807) is 0 Å². The van der Waals surface area contributed by atoms with Crippen LogP contribution in [0.4, 0.5) is 0 Å². The summed E-state index contributed by atoms with van der Waals surface area (Å²) in [6.07, 6.45) is -11.5. The van der Waals surface area contributed by atoms with Crippen LogP contribution < -0.4 is 0 Å². The van der Waals surface area contributed by atoms with E-state index in [4.69, 9.17) is 45.1 Å². The summed E-state index contributed by atoms with van der Waals surface area (Å²) in [5, 5.41) is -0.672. The second-order valence-corrected chi connectivity index (χ2v) is 5.11. The third-order valence-corrected chi connectivity index (χ3v) is 3.41. The van der Waals surface area contributed by atoms with E-state index < -0.39 is 126 Å². The number of rotatable bonds is 6. The van der Waals surface area contributed by atoms with Gasteiger partial charge in [-0.2, -0.15) is 0 Å². The Morgan fingerprint density at radius 2 is 2.04 bits per heavy atom. The Labute approximate surface area is 179 Å². The van der Waals surface area contributed by atoms with Gasteiger partial charge in [-0.1, -0.05) is 53.9 Å². The van der Waals surface area contributed by atoms with Crippen LogP contribution in [0.15, 0.2) is 54.4 Å². The molecule has 1 saturated heterocycles. The summed E-state index contributed by atoms with van der Waals surface area (Å²) in [5.74, 6) is 0. The number of nitrogens with zero attached hydrogens (tertiary/aromatic N) is 1. The molecule has 0 spiro atoms. The van der Waals surface area contributed by atoms with E-state index in [2.05, 4.69) is 0 Å². The van der Waals surface area contributed by atoms with Crippen LogP contribution in [-0.2, 0) is 10.3 Å². The molecule has 0 unspecified atom stereocenters. The van der Waals surface area contributed by atoms with Gasteiger partial charge in [0.2, 0.25) is 0 Å². The van der Waals surface area contributed by atoms with Gasteiger partial charge in [-0.05, 0) is 62.7 Å². The average molecular weight is 365 g/mol. The van der Waals surface area contributed by atoms with E-state index in [0.717, 1.165) is 6.92 Å². The number of benzene rings is 2. The van der Waals surface area contributed by atoms with Gasteiger partial charge in [0.1, 0.15) is 5.60 Å². The van der Waals surface area contributed by atoms with E-state index >= 15 is 0 Å². The van der Waals surface area contributed by atoms with Crippen molar-refractivity contribution in [3.63, 3.8) is 0 Å². The molecule has 2 aromatic rings. The standard InChI is InChI=1S/C21H26ClNO/c1-21(17-7-4-3-5-8-17,18-10-12-19(22)13-11-18)24-16-14-20-9-6-15-23(20)2/h3-5,7-8,10-13,20H,6,9,14-16H2,1-2H3/t20-,21-/m1/s1/i2D3,3D,4D,5D,6D2,7D,8D,9D2,10D,11D,12D,13D,14D2,15D2,20D. The maximum atomic E-state index is 8.83. The molecule has 24 heavy (non-hydrogen) atoms. The quantitative estimate of drug-likeness (QED) is 0.706. The van der Waals surface area contributed by atoms with Crippen molar-refractivity contribution in [2.75, 3.05) is 20.1 Å². The predicted octanol–water partition coefficient (Wildman–Crippen LogP) is 5.10.